The number of hydrogen-bond acceptors (Lipinski definition) is 10. The summed E-state index contributed by atoms with van der Waals surface area (Å²) in [4.78, 5) is 51.2. The van der Waals surface area contributed by atoms with Crippen molar-refractivity contribution in [2.75, 3.05) is 21.5 Å². The molecule has 16 heteroatoms. The van der Waals surface area contributed by atoms with Crippen molar-refractivity contribution in [1.82, 2.24) is 10.9 Å². The van der Waals surface area contributed by atoms with Crippen LogP contribution in [0.4, 0.5) is 22.7 Å². The molecule has 0 unspecified atom stereocenters. The van der Waals surface area contributed by atoms with Crippen LogP contribution in [-0.2, 0) is 22.4 Å². The topological polar surface area (TPSA) is 181 Å². The molecule has 0 saturated carbocycles. The molecule has 0 saturated heterocycles. The number of anilines is 4. The average molecular weight is 919 g/mol. The number of amides is 2. The summed E-state index contributed by atoms with van der Waals surface area (Å²) in [5.74, 6) is -2.19. The van der Waals surface area contributed by atoms with E-state index in [1.165, 1.54) is 26.0 Å². The van der Waals surface area contributed by atoms with Gasteiger partial charge in [-0.25, -0.2) is 0 Å². The lowest BCUT2D eigenvalue weighted by Gasteiger charge is -2.17. The largest absolute Gasteiger partial charge is 0.510 e. The lowest BCUT2D eigenvalue weighted by Crippen LogP contribution is -2.27. The smallest absolute Gasteiger partial charge is 0.255 e. The van der Waals surface area contributed by atoms with E-state index in [9.17, 15) is 29.4 Å². The van der Waals surface area contributed by atoms with E-state index >= 15 is 0 Å². The Morgan fingerprint density at radius 1 is 0.484 bits per heavy atom. The van der Waals surface area contributed by atoms with Gasteiger partial charge in [0.25, 0.3) is 11.8 Å². The molecule has 5 aromatic carbocycles. The van der Waals surface area contributed by atoms with Crippen LogP contribution in [0, 0.1) is 27.7 Å². The highest BCUT2D eigenvalue weighted by molar-refractivity contribution is 6.34. The standard InChI is InChI=1S/C46H44Cl4N6O6/c1-23-7-11-33(47)21-39(23)51-45(61)29-9-13-37(35(49)17-29)53-55-43(27(5)57)41(59)19-31-15-26(4)32(16-25(31)3)20-42(60)44(28(6)58)56-54-38-14-10-30(18-36(38)50)46(62)52-40-22-34(48)12-8-24(40)2/h7-18,21-22,53-56,59-60H,19-20H2,1-6H3,(H,51,61)(H,52,62)/b43-41-,44-42-. The summed E-state index contributed by atoms with van der Waals surface area (Å²) >= 11 is 25.1. The molecule has 0 fully saturated rings. The predicted molar refractivity (Wildman–Crippen MR) is 249 cm³/mol. The molecule has 0 heterocycles. The monoisotopic (exact) mass is 916 g/mol. The molecule has 5 rings (SSSR count). The molecular weight excluding hydrogens is 874 g/mol. The maximum absolute atomic E-state index is 12.9. The molecule has 62 heavy (non-hydrogen) atoms. The van der Waals surface area contributed by atoms with Crippen molar-refractivity contribution < 1.29 is 29.4 Å². The third kappa shape index (κ3) is 12.0. The number of carbonyl (C=O) groups is 4. The van der Waals surface area contributed by atoms with Crippen molar-refractivity contribution in [1.29, 1.82) is 0 Å². The second kappa shape index (κ2) is 20.6. The number of benzene rings is 5. The molecule has 12 nitrogen and oxygen atoms in total. The third-order valence-corrected chi connectivity index (χ3v) is 10.9. The number of allylic oxidation sites excluding steroid dienone is 4. The van der Waals surface area contributed by atoms with E-state index in [0.717, 1.165) is 22.3 Å². The summed E-state index contributed by atoms with van der Waals surface area (Å²) in [6.07, 6.45) is -0.0283. The van der Waals surface area contributed by atoms with Gasteiger partial charge in [-0.2, -0.15) is 0 Å². The Morgan fingerprint density at radius 3 is 1.19 bits per heavy atom. The van der Waals surface area contributed by atoms with Gasteiger partial charge in [0, 0.05) is 59.2 Å². The first-order valence-electron chi connectivity index (χ1n) is 19.0. The number of nitrogens with one attached hydrogen (secondary N) is 6. The SMILES string of the molecule is CC(=O)/C(NNc1ccc(C(=O)Nc2cc(Cl)ccc2C)cc1Cl)=C(/O)Cc1cc(C)c(C/C(O)=C(/NNc2ccc(C(=O)Nc3cc(Cl)ccc3C)cc2Cl)C(C)=O)cc1C. The van der Waals surface area contributed by atoms with Crippen LogP contribution in [0.15, 0.2) is 108 Å². The molecule has 2 amide bonds. The number of hydrogen-bond donors (Lipinski definition) is 8. The zero-order valence-electron chi connectivity index (χ0n) is 34.5. The van der Waals surface area contributed by atoms with Crippen LogP contribution >= 0.6 is 46.4 Å². The lowest BCUT2D eigenvalue weighted by atomic mass is 9.94. The molecule has 8 N–H and O–H groups in total. The molecule has 0 spiro atoms. The van der Waals surface area contributed by atoms with E-state index in [1.807, 2.05) is 39.8 Å². The Kier molecular flexibility index (Phi) is 15.6. The summed E-state index contributed by atoms with van der Waals surface area (Å²) in [6, 6.07) is 23.2. The molecule has 5 aromatic rings. The number of Topliss-reactive ketones (excluding diaryl/α,β-unsaturated/α-hetero) is 2. The Balaban J connectivity index is 1.24. The van der Waals surface area contributed by atoms with Crippen LogP contribution in [0.5, 0.6) is 0 Å². The van der Waals surface area contributed by atoms with Crippen molar-refractivity contribution >= 4 is 92.5 Å². The number of carbonyl (C=O) groups excluding carboxylic acids is 4. The maximum Gasteiger partial charge on any atom is 0.255 e. The number of aryl methyl sites for hydroxylation is 4. The molecular formula is C46H44Cl4N6O6. The molecule has 0 aliphatic carbocycles. The van der Waals surface area contributed by atoms with Crippen molar-refractivity contribution in [3.8, 4) is 0 Å². The van der Waals surface area contributed by atoms with Crippen molar-refractivity contribution in [3.63, 3.8) is 0 Å². The Bertz CT molecular complexity index is 2480. The molecule has 0 radical (unpaired) electrons. The molecule has 0 aliphatic heterocycles. The minimum absolute atomic E-state index is 0.0141. The van der Waals surface area contributed by atoms with Gasteiger partial charge in [0.2, 0.25) is 0 Å². The van der Waals surface area contributed by atoms with E-state index in [4.69, 9.17) is 46.4 Å². The summed E-state index contributed by atoms with van der Waals surface area (Å²) < 4.78 is 0. The molecule has 322 valence electrons. The second-order valence-electron chi connectivity index (χ2n) is 14.5. The number of halogens is 4. The zero-order chi connectivity index (χ0) is 45.4. The van der Waals surface area contributed by atoms with E-state index in [0.29, 0.717) is 43.9 Å². The van der Waals surface area contributed by atoms with Gasteiger partial charge in [0.15, 0.2) is 11.6 Å². The van der Waals surface area contributed by atoms with Gasteiger partial charge < -0.3 is 20.8 Å². The first kappa shape index (κ1) is 46.9. The number of aliphatic hydroxyl groups is 2. The summed E-state index contributed by atoms with van der Waals surface area (Å²) in [7, 11) is 0. The van der Waals surface area contributed by atoms with Gasteiger partial charge >= 0.3 is 0 Å². The maximum atomic E-state index is 12.9. The minimum atomic E-state index is -0.454. The quantitative estimate of drug-likeness (QED) is 0.0270. The van der Waals surface area contributed by atoms with Gasteiger partial charge in [-0.05, 0) is 122 Å². The summed E-state index contributed by atoms with van der Waals surface area (Å²) in [6.45, 7) is 9.93. The fraction of sp³-hybridized carbons (Fsp3) is 0.174. The Hall–Kier alpha value is -6.18. The van der Waals surface area contributed by atoms with Gasteiger partial charge in [-0.15, -0.1) is 0 Å². The van der Waals surface area contributed by atoms with E-state index in [-0.39, 0.29) is 56.9 Å². The number of aliphatic hydroxyl groups excluding tert-OH is 2. The van der Waals surface area contributed by atoms with Gasteiger partial charge in [0.1, 0.15) is 22.9 Å². The van der Waals surface area contributed by atoms with Crippen LogP contribution in [0.1, 0.15) is 67.9 Å². The van der Waals surface area contributed by atoms with Crippen LogP contribution in [0.2, 0.25) is 20.1 Å². The Labute approximate surface area is 379 Å². The molecule has 0 aromatic heterocycles. The highest BCUT2D eigenvalue weighted by atomic mass is 35.5. The van der Waals surface area contributed by atoms with Crippen molar-refractivity contribution in [2.45, 2.75) is 54.4 Å². The zero-order valence-corrected chi connectivity index (χ0v) is 37.6. The van der Waals surface area contributed by atoms with Crippen LogP contribution in [0.25, 0.3) is 0 Å². The van der Waals surface area contributed by atoms with Gasteiger partial charge in [-0.3, -0.25) is 40.9 Å². The third-order valence-electron chi connectivity index (χ3n) is 9.79. The van der Waals surface area contributed by atoms with Crippen LogP contribution < -0.4 is 32.3 Å². The molecule has 0 atom stereocenters. The normalized spacial score (nSPS) is 11.8. The fourth-order valence-electron chi connectivity index (χ4n) is 6.20. The Morgan fingerprint density at radius 2 is 0.855 bits per heavy atom. The highest BCUT2D eigenvalue weighted by Crippen LogP contribution is 2.28. The van der Waals surface area contributed by atoms with Crippen molar-refractivity contribution in [2.24, 2.45) is 0 Å². The van der Waals surface area contributed by atoms with E-state index < -0.39 is 23.4 Å². The first-order chi connectivity index (χ1) is 29.3. The number of hydrazine groups is 2. The first-order valence-corrected chi connectivity index (χ1v) is 20.6. The van der Waals surface area contributed by atoms with E-state index in [1.54, 1.807) is 60.7 Å². The van der Waals surface area contributed by atoms with Crippen LogP contribution in [0.3, 0.4) is 0 Å². The molecule has 0 bridgehead atoms. The minimum Gasteiger partial charge on any atom is -0.510 e. The summed E-state index contributed by atoms with van der Waals surface area (Å²) in [5.41, 5.74) is 18.0. The second-order valence-corrected chi connectivity index (χ2v) is 16.2. The highest BCUT2D eigenvalue weighted by Gasteiger charge is 2.19. The fourth-order valence-corrected chi connectivity index (χ4v) is 7.00. The average Bonchev–Trinajstić information content (AvgIpc) is 3.20. The number of ketones is 2. The van der Waals surface area contributed by atoms with E-state index in [2.05, 4.69) is 32.3 Å². The van der Waals surface area contributed by atoms with Crippen LogP contribution in [-0.4, -0.2) is 33.6 Å². The predicted octanol–water partition coefficient (Wildman–Crippen LogP) is 11.1. The summed E-state index contributed by atoms with van der Waals surface area (Å²) in [5, 5.41) is 29.3. The number of rotatable bonds is 16. The van der Waals surface area contributed by atoms with Gasteiger partial charge in [0.05, 0.1) is 21.4 Å². The molecule has 0 aliphatic rings. The lowest BCUT2D eigenvalue weighted by molar-refractivity contribution is -0.115. The van der Waals surface area contributed by atoms with Crippen molar-refractivity contribution in [3.05, 3.63) is 172 Å². The van der Waals surface area contributed by atoms with Gasteiger partial charge in [-0.1, -0.05) is 70.7 Å².